The number of rotatable bonds is 2. The number of pyridine rings is 1. The topological polar surface area (TPSA) is 33.2 Å². The second kappa shape index (κ2) is 4.70. The lowest BCUT2D eigenvalue weighted by molar-refractivity contribution is 0.101. The van der Waals surface area contributed by atoms with E-state index in [4.69, 9.17) is 0 Å². The van der Waals surface area contributed by atoms with E-state index in [1.54, 1.807) is 24.8 Å². The Morgan fingerprint density at radius 1 is 1.21 bits per heavy atom. The number of aromatic nitrogens is 1. The fourth-order valence-corrected chi connectivity index (χ4v) is 3.47. The molecule has 0 bridgehead atoms. The molecule has 3 rings (SSSR count). The number of thioether (sulfide) groups is 1. The monoisotopic (exact) mass is 270 g/mol. The van der Waals surface area contributed by atoms with Crippen molar-refractivity contribution < 1.29 is 4.79 Å². The van der Waals surface area contributed by atoms with Crippen LogP contribution < -0.4 is 4.90 Å². The molecule has 2 aromatic rings. The number of fused-ring (bicyclic) bond motifs is 1. The van der Waals surface area contributed by atoms with E-state index in [1.165, 1.54) is 10.6 Å². The van der Waals surface area contributed by atoms with Gasteiger partial charge in [-0.1, -0.05) is 30.0 Å². The Labute approximate surface area is 116 Å². The molecule has 0 spiro atoms. The average molecular weight is 270 g/mol. The van der Waals surface area contributed by atoms with Crippen LogP contribution in [-0.2, 0) is 0 Å². The quantitative estimate of drug-likeness (QED) is 0.782. The van der Waals surface area contributed by atoms with E-state index < -0.39 is 0 Å². The first-order valence-corrected chi connectivity index (χ1v) is 7.01. The minimum Gasteiger partial charge on any atom is -0.356 e. The predicted octanol–water partition coefficient (Wildman–Crippen LogP) is 3.52. The third-order valence-electron chi connectivity index (χ3n) is 3.22. The average Bonchev–Trinajstić information content (AvgIpc) is 2.77. The second-order valence-electron chi connectivity index (χ2n) is 4.55. The molecule has 96 valence electrons. The largest absolute Gasteiger partial charge is 0.356 e. The van der Waals surface area contributed by atoms with Crippen molar-refractivity contribution in [2.75, 3.05) is 11.9 Å². The molecule has 1 atom stereocenters. The second-order valence-corrected chi connectivity index (χ2v) is 5.67. The molecule has 19 heavy (non-hydrogen) atoms. The predicted molar refractivity (Wildman–Crippen MR) is 77.7 cm³/mol. The molecule has 0 radical (unpaired) electrons. The smallest absolute Gasteiger partial charge is 0.178 e. The number of carbonyl (C=O) groups excluding carboxylic acids is 1. The molecule has 1 aromatic heterocycles. The van der Waals surface area contributed by atoms with Crippen LogP contribution in [0.2, 0.25) is 0 Å². The van der Waals surface area contributed by atoms with E-state index in [0.717, 1.165) is 5.69 Å². The molecule has 1 aliphatic heterocycles. The Balaban J connectivity index is 1.97. The molecule has 1 unspecified atom stereocenters. The van der Waals surface area contributed by atoms with Crippen LogP contribution in [-0.4, -0.2) is 17.8 Å². The van der Waals surface area contributed by atoms with Crippen molar-refractivity contribution in [1.29, 1.82) is 0 Å². The molecular weight excluding hydrogens is 256 g/mol. The molecule has 0 saturated carbocycles. The summed E-state index contributed by atoms with van der Waals surface area (Å²) in [5.41, 5.74) is 2.67. The van der Waals surface area contributed by atoms with Crippen molar-refractivity contribution in [2.24, 2.45) is 0 Å². The number of nitrogens with zero attached hydrogens (tertiary/aromatic N) is 2. The summed E-state index contributed by atoms with van der Waals surface area (Å²) < 4.78 is 0. The normalized spacial score (nSPS) is 17.4. The van der Waals surface area contributed by atoms with Crippen LogP contribution in [0.4, 0.5) is 5.69 Å². The van der Waals surface area contributed by atoms with Crippen LogP contribution in [0.3, 0.4) is 0 Å². The van der Waals surface area contributed by atoms with Gasteiger partial charge in [0, 0.05) is 18.9 Å². The highest BCUT2D eigenvalue weighted by Gasteiger charge is 2.29. The lowest BCUT2D eigenvalue weighted by atomic mass is 10.2. The number of anilines is 1. The lowest BCUT2D eigenvalue weighted by Gasteiger charge is -2.21. The Bertz CT molecular complexity index is 642. The summed E-state index contributed by atoms with van der Waals surface area (Å²) in [7, 11) is 2.06. The fraction of sp³-hybridized carbons (Fsp3) is 0.200. The maximum Gasteiger partial charge on any atom is 0.178 e. The van der Waals surface area contributed by atoms with Crippen molar-refractivity contribution >= 4 is 23.2 Å². The van der Waals surface area contributed by atoms with Gasteiger partial charge < -0.3 is 4.90 Å². The van der Waals surface area contributed by atoms with E-state index in [2.05, 4.69) is 29.1 Å². The van der Waals surface area contributed by atoms with Gasteiger partial charge in [-0.3, -0.25) is 4.79 Å². The minimum absolute atomic E-state index is 0.00464. The van der Waals surface area contributed by atoms with Gasteiger partial charge in [0.15, 0.2) is 5.78 Å². The molecule has 1 aromatic carbocycles. The molecular formula is C15H14N2OS. The van der Waals surface area contributed by atoms with Gasteiger partial charge in [0.2, 0.25) is 0 Å². The number of hydrogen-bond donors (Lipinski definition) is 0. The summed E-state index contributed by atoms with van der Waals surface area (Å²) in [5, 5.41) is 0.136. The van der Waals surface area contributed by atoms with E-state index in [9.17, 15) is 4.79 Å². The van der Waals surface area contributed by atoms with Crippen LogP contribution in [0.1, 0.15) is 28.5 Å². The van der Waals surface area contributed by atoms with Gasteiger partial charge in [0.05, 0.1) is 11.4 Å². The molecule has 2 heterocycles. The van der Waals surface area contributed by atoms with Crippen molar-refractivity contribution in [1.82, 2.24) is 4.98 Å². The summed E-state index contributed by atoms with van der Waals surface area (Å²) in [6.07, 6.45) is 0. The van der Waals surface area contributed by atoms with Gasteiger partial charge in [0.25, 0.3) is 0 Å². The summed E-state index contributed by atoms with van der Waals surface area (Å²) in [6.45, 7) is 1.55. The fourth-order valence-electron chi connectivity index (χ4n) is 2.22. The van der Waals surface area contributed by atoms with Gasteiger partial charge in [-0.05, 0) is 24.3 Å². The van der Waals surface area contributed by atoms with Gasteiger partial charge >= 0.3 is 0 Å². The summed E-state index contributed by atoms with van der Waals surface area (Å²) in [5.74, 6) is 0.00464. The molecule has 0 fully saturated rings. The van der Waals surface area contributed by atoms with Crippen LogP contribution in [0.15, 0.2) is 47.4 Å². The zero-order chi connectivity index (χ0) is 13.4. The first-order valence-electron chi connectivity index (χ1n) is 6.13. The number of para-hydroxylation sites is 1. The third kappa shape index (κ3) is 2.12. The van der Waals surface area contributed by atoms with Gasteiger partial charge in [0.1, 0.15) is 11.1 Å². The Morgan fingerprint density at radius 3 is 2.74 bits per heavy atom. The number of carbonyl (C=O) groups is 1. The zero-order valence-electron chi connectivity index (χ0n) is 10.8. The molecule has 1 aliphatic rings. The Hall–Kier alpha value is -1.81. The first kappa shape index (κ1) is 12.2. The maximum atomic E-state index is 11.4. The summed E-state index contributed by atoms with van der Waals surface area (Å²) in [6, 6.07) is 13.9. The highest BCUT2D eigenvalue weighted by molar-refractivity contribution is 8.00. The van der Waals surface area contributed by atoms with E-state index in [-0.39, 0.29) is 11.2 Å². The highest BCUT2D eigenvalue weighted by Crippen LogP contribution is 2.49. The number of Topliss-reactive ketones (excluding diaryl/α,β-unsaturated/α-hetero) is 1. The zero-order valence-corrected chi connectivity index (χ0v) is 11.6. The lowest BCUT2D eigenvalue weighted by Crippen LogP contribution is -2.18. The molecule has 3 nitrogen and oxygen atoms in total. The minimum atomic E-state index is 0.00464. The van der Waals surface area contributed by atoms with E-state index >= 15 is 0 Å². The SMILES string of the molecule is CC(=O)c1cccc(C2Sc3ccccc3N2C)n1. The molecule has 0 amide bonds. The van der Waals surface area contributed by atoms with Crippen molar-refractivity contribution in [2.45, 2.75) is 17.2 Å². The van der Waals surface area contributed by atoms with Crippen molar-refractivity contribution in [3.63, 3.8) is 0 Å². The van der Waals surface area contributed by atoms with Crippen LogP contribution >= 0.6 is 11.8 Å². The summed E-state index contributed by atoms with van der Waals surface area (Å²) >= 11 is 1.77. The van der Waals surface area contributed by atoms with Crippen LogP contribution in [0.25, 0.3) is 0 Å². The van der Waals surface area contributed by atoms with Gasteiger partial charge in [-0.2, -0.15) is 0 Å². The third-order valence-corrected chi connectivity index (χ3v) is 4.60. The summed E-state index contributed by atoms with van der Waals surface area (Å²) in [4.78, 5) is 19.4. The molecule has 0 aliphatic carbocycles. The van der Waals surface area contributed by atoms with Gasteiger partial charge in [-0.15, -0.1) is 0 Å². The maximum absolute atomic E-state index is 11.4. The molecule has 0 N–H and O–H groups in total. The molecule has 4 heteroatoms. The number of hydrogen-bond acceptors (Lipinski definition) is 4. The standard InChI is InChI=1S/C15H14N2OS/c1-10(18)11-6-5-7-12(16-11)15-17(2)13-8-3-4-9-14(13)19-15/h3-9,15H,1-2H3. The van der Waals surface area contributed by atoms with E-state index in [1.807, 2.05) is 24.3 Å². The van der Waals surface area contributed by atoms with Gasteiger partial charge in [-0.25, -0.2) is 4.98 Å². The highest BCUT2D eigenvalue weighted by atomic mass is 32.2. The van der Waals surface area contributed by atoms with Crippen molar-refractivity contribution in [3.05, 3.63) is 53.9 Å². The molecule has 0 saturated heterocycles. The number of ketones is 1. The van der Waals surface area contributed by atoms with Crippen LogP contribution in [0, 0.1) is 0 Å². The Kier molecular flexibility index (Phi) is 3.03. The number of benzene rings is 1. The first-order chi connectivity index (χ1) is 9.16. The van der Waals surface area contributed by atoms with Crippen molar-refractivity contribution in [3.8, 4) is 0 Å². The van der Waals surface area contributed by atoms with E-state index in [0.29, 0.717) is 5.69 Å². The van der Waals surface area contributed by atoms with Crippen LogP contribution in [0.5, 0.6) is 0 Å². The Morgan fingerprint density at radius 2 is 2.00 bits per heavy atom.